The summed E-state index contributed by atoms with van der Waals surface area (Å²) < 4.78 is 41.1. The Labute approximate surface area is 146 Å². The van der Waals surface area contributed by atoms with Gasteiger partial charge in [0.25, 0.3) is 5.82 Å². The van der Waals surface area contributed by atoms with Gasteiger partial charge in [0.1, 0.15) is 5.82 Å². The van der Waals surface area contributed by atoms with Gasteiger partial charge in [-0.15, -0.1) is 16.9 Å². The molecule has 7 nitrogen and oxygen atoms in total. The van der Waals surface area contributed by atoms with Gasteiger partial charge in [0.2, 0.25) is 5.91 Å². The number of nitrogens with zero attached hydrogens (tertiary/aromatic N) is 3. The lowest BCUT2D eigenvalue weighted by atomic mass is 9.96. The summed E-state index contributed by atoms with van der Waals surface area (Å²) >= 11 is 0.574. The maximum atomic E-state index is 12.1. The number of H-pyrrole nitrogens is 1. The van der Waals surface area contributed by atoms with Crippen LogP contribution in [0.2, 0.25) is 0 Å². The van der Waals surface area contributed by atoms with Gasteiger partial charge in [-0.3, -0.25) is 9.89 Å². The van der Waals surface area contributed by atoms with E-state index < -0.39 is 17.9 Å². The first-order valence-electron chi connectivity index (χ1n) is 7.82. The van der Waals surface area contributed by atoms with Gasteiger partial charge in [-0.2, -0.15) is 13.2 Å². The highest BCUT2D eigenvalue weighted by molar-refractivity contribution is 8.00. The molecule has 0 bridgehead atoms. The van der Waals surface area contributed by atoms with E-state index >= 15 is 0 Å². The number of likely N-dealkylation sites (tertiary alicyclic amines) is 1. The molecule has 2 rings (SSSR count). The third-order valence-corrected chi connectivity index (χ3v) is 4.67. The number of halogens is 3. The van der Waals surface area contributed by atoms with Crippen LogP contribution < -0.4 is 0 Å². The Morgan fingerprint density at radius 3 is 2.64 bits per heavy atom. The fourth-order valence-corrected chi connectivity index (χ4v) is 3.18. The van der Waals surface area contributed by atoms with Crippen molar-refractivity contribution in [2.45, 2.75) is 31.9 Å². The Bertz CT molecular complexity index is 600. The number of alkyl halides is 3. The molecule has 140 valence electrons. The molecule has 1 aromatic rings. The predicted octanol–water partition coefficient (Wildman–Crippen LogP) is 1.98. The molecule has 1 N–H and O–H groups in total. The number of ether oxygens (including phenoxy) is 1. The topological polar surface area (TPSA) is 88.2 Å². The minimum absolute atomic E-state index is 0.0163. The van der Waals surface area contributed by atoms with Gasteiger partial charge in [0, 0.05) is 19.0 Å². The van der Waals surface area contributed by atoms with Crippen LogP contribution >= 0.6 is 11.8 Å². The van der Waals surface area contributed by atoms with E-state index in [1.165, 1.54) is 0 Å². The van der Waals surface area contributed by atoms with Gasteiger partial charge in [0.15, 0.2) is 0 Å². The lowest BCUT2D eigenvalue weighted by Crippen LogP contribution is -2.39. The number of esters is 1. The van der Waals surface area contributed by atoms with Gasteiger partial charge < -0.3 is 9.64 Å². The summed E-state index contributed by atoms with van der Waals surface area (Å²) in [5, 5.41) is 6.54. The van der Waals surface area contributed by atoms with E-state index in [1.807, 2.05) is 0 Å². The zero-order valence-electron chi connectivity index (χ0n) is 13.6. The normalized spacial score (nSPS) is 16.1. The Morgan fingerprint density at radius 2 is 2.04 bits per heavy atom. The third kappa shape index (κ3) is 5.91. The second-order valence-electron chi connectivity index (χ2n) is 5.53. The van der Waals surface area contributed by atoms with Crippen molar-refractivity contribution in [2.75, 3.05) is 31.2 Å². The van der Waals surface area contributed by atoms with Crippen LogP contribution in [0.25, 0.3) is 0 Å². The van der Waals surface area contributed by atoms with Crippen molar-refractivity contribution in [2.24, 2.45) is 0 Å². The lowest BCUT2D eigenvalue weighted by molar-refractivity contribution is -0.129. The smallest absolute Gasteiger partial charge is 0.397 e. The summed E-state index contributed by atoms with van der Waals surface area (Å²) in [4.78, 5) is 29.2. The summed E-state index contributed by atoms with van der Waals surface area (Å²) in [7, 11) is 0. The minimum atomic E-state index is -4.26. The number of thioether (sulfide) groups is 1. The van der Waals surface area contributed by atoms with E-state index in [2.05, 4.69) is 15.2 Å². The number of aromatic nitrogens is 3. The summed E-state index contributed by atoms with van der Waals surface area (Å²) in [5.74, 6) is -1.55. The largest absolute Gasteiger partial charge is 0.460 e. The van der Waals surface area contributed by atoms with Crippen molar-refractivity contribution in [3.05, 3.63) is 11.6 Å². The minimum Gasteiger partial charge on any atom is -0.460 e. The summed E-state index contributed by atoms with van der Waals surface area (Å²) in [6.45, 7) is 2.79. The van der Waals surface area contributed by atoms with Gasteiger partial charge in [0.05, 0.1) is 18.1 Å². The predicted molar refractivity (Wildman–Crippen MR) is 84.3 cm³/mol. The summed E-state index contributed by atoms with van der Waals surface area (Å²) in [6, 6.07) is 0. The molecule has 1 amide bonds. The fourth-order valence-electron chi connectivity index (χ4n) is 2.49. The number of carbonyl (C=O) groups is 2. The maximum Gasteiger partial charge on any atom is 0.397 e. The van der Waals surface area contributed by atoms with E-state index in [4.69, 9.17) is 4.74 Å². The van der Waals surface area contributed by atoms with Crippen LogP contribution in [0.15, 0.2) is 0 Å². The highest BCUT2D eigenvalue weighted by atomic mass is 32.2. The maximum absolute atomic E-state index is 12.1. The van der Waals surface area contributed by atoms with Crippen molar-refractivity contribution in [1.82, 2.24) is 20.1 Å². The first-order chi connectivity index (χ1) is 11.8. The van der Waals surface area contributed by atoms with Crippen LogP contribution in [-0.4, -0.2) is 69.3 Å². The molecule has 11 heteroatoms. The molecule has 0 atom stereocenters. The molecule has 2 heterocycles. The third-order valence-electron chi connectivity index (χ3n) is 3.69. The molecule has 1 aliphatic rings. The number of hydrogen-bond acceptors (Lipinski definition) is 6. The number of piperidine rings is 1. The molecule has 1 aromatic heterocycles. The van der Waals surface area contributed by atoms with Crippen LogP contribution in [0.1, 0.15) is 42.1 Å². The van der Waals surface area contributed by atoms with Crippen LogP contribution in [0.3, 0.4) is 0 Å². The highest BCUT2D eigenvalue weighted by Crippen LogP contribution is 2.26. The molecule has 1 saturated heterocycles. The molecule has 0 saturated carbocycles. The number of hydrogen-bond donors (Lipinski definition) is 1. The van der Waals surface area contributed by atoms with Crippen LogP contribution in [0, 0.1) is 0 Å². The van der Waals surface area contributed by atoms with Crippen LogP contribution in [-0.2, 0) is 9.53 Å². The van der Waals surface area contributed by atoms with Gasteiger partial charge in [-0.25, -0.2) is 9.78 Å². The molecular weight excluding hydrogens is 361 g/mol. The Morgan fingerprint density at radius 1 is 1.36 bits per heavy atom. The van der Waals surface area contributed by atoms with Crippen molar-refractivity contribution in [3.63, 3.8) is 0 Å². The Balaban J connectivity index is 1.79. The number of aromatic amines is 1. The second-order valence-corrected chi connectivity index (χ2v) is 6.51. The first kappa shape index (κ1) is 19.5. The zero-order chi connectivity index (χ0) is 18.4. The standard InChI is InChI=1S/C14H19F3N4O3S/c1-2-24-13(23)12-18-11(19-20-12)9-3-5-21(6-4-9)10(22)7-25-8-14(15,16)17/h9H,2-8H2,1H3,(H,18,19,20). The van der Waals surface area contributed by atoms with Crippen LogP contribution in [0.5, 0.6) is 0 Å². The van der Waals surface area contributed by atoms with Crippen molar-refractivity contribution in [3.8, 4) is 0 Å². The molecule has 0 unspecified atom stereocenters. The Kier molecular flexibility index (Phi) is 6.68. The molecule has 1 aliphatic heterocycles. The molecule has 0 radical (unpaired) electrons. The average molecular weight is 380 g/mol. The van der Waals surface area contributed by atoms with E-state index in [-0.39, 0.29) is 30.0 Å². The highest BCUT2D eigenvalue weighted by Gasteiger charge is 2.29. The van der Waals surface area contributed by atoms with Crippen molar-refractivity contribution in [1.29, 1.82) is 0 Å². The van der Waals surface area contributed by atoms with E-state index in [1.54, 1.807) is 11.8 Å². The van der Waals surface area contributed by atoms with E-state index in [9.17, 15) is 22.8 Å². The summed E-state index contributed by atoms with van der Waals surface area (Å²) in [6.07, 6.45) is -3.05. The van der Waals surface area contributed by atoms with Crippen molar-refractivity contribution >= 4 is 23.6 Å². The molecule has 0 aliphatic carbocycles. The zero-order valence-corrected chi connectivity index (χ0v) is 14.5. The monoisotopic (exact) mass is 380 g/mol. The SMILES string of the molecule is CCOC(=O)c1n[nH]c(C2CCN(C(=O)CSCC(F)(F)F)CC2)n1. The average Bonchev–Trinajstić information content (AvgIpc) is 3.04. The van der Waals surface area contributed by atoms with E-state index in [0.717, 1.165) is 0 Å². The van der Waals surface area contributed by atoms with Gasteiger partial charge in [-0.1, -0.05) is 0 Å². The van der Waals surface area contributed by atoms with E-state index in [0.29, 0.717) is 43.5 Å². The lowest BCUT2D eigenvalue weighted by Gasteiger charge is -2.31. The summed E-state index contributed by atoms with van der Waals surface area (Å²) in [5.41, 5.74) is 0. The van der Waals surface area contributed by atoms with Gasteiger partial charge >= 0.3 is 12.1 Å². The first-order valence-corrected chi connectivity index (χ1v) is 8.97. The quantitative estimate of drug-likeness (QED) is 0.760. The molecule has 25 heavy (non-hydrogen) atoms. The van der Waals surface area contributed by atoms with Crippen molar-refractivity contribution < 1.29 is 27.5 Å². The second kappa shape index (κ2) is 8.54. The fraction of sp³-hybridized carbons (Fsp3) is 0.714. The molecule has 1 fully saturated rings. The molecule has 0 aromatic carbocycles. The number of nitrogens with one attached hydrogen (secondary N) is 1. The molecular formula is C14H19F3N4O3S. The Hall–Kier alpha value is -1.78. The number of carbonyl (C=O) groups excluding carboxylic acids is 2. The number of rotatable bonds is 6. The van der Waals surface area contributed by atoms with Crippen LogP contribution in [0.4, 0.5) is 13.2 Å². The number of amides is 1. The van der Waals surface area contributed by atoms with Gasteiger partial charge in [-0.05, 0) is 19.8 Å². The molecule has 0 spiro atoms.